The fourth-order valence-corrected chi connectivity index (χ4v) is 4.23. The number of fused-ring (bicyclic) bond motifs is 1. The molecule has 7 nitrogen and oxygen atoms in total. The Morgan fingerprint density at radius 3 is 2.41 bits per heavy atom. The third-order valence-electron chi connectivity index (χ3n) is 4.17. The van der Waals surface area contributed by atoms with E-state index in [1.165, 1.54) is 23.5 Å². The molecule has 2 aromatic carbocycles. The number of hydrogen-bond acceptors (Lipinski definition) is 6. The first-order valence-electron chi connectivity index (χ1n) is 8.41. The van der Waals surface area contributed by atoms with Gasteiger partial charge < -0.3 is 4.90 Å². The van der Waals surface area contributed by atoms with E-state index in [0.717, 1.165) is 18.8 Å². The summed E-state index contributed by atoms with van der Waals surface area (Å²) >= 11 is 1.19. The van der Waals surface area contributed by atoms with Crippen LogP contribution in [0.2, 0.25) is 0 Å². The fraction of sp³-hybridized carbons (Fsp3) is 0.222. The highest BCUT2D eigenvalue weighted by atomic mass is 32.2. The number of carbonyl (C=O) groups is 1. The minimum Gasteiger partial charge on any atom is -0.372 e. The number of benzene rings is 2. The third kappa shape index (κ3) is 4.26. The van der Waals surface area contributed by atoms with Crippen LogP contribution in [0.4, 0.5) is 10.8 Å². The summed E-state index contributed by atoms with van der Waals surface area (Å²) in [6, 6.07) is 11.8. The monoisotopic (exact) mass is 404 g/mol. The van der Waals surface area contributed by atoms with Gasteiger partial charge in [0.1, 0.15) is 0 Å². The van der Waals surface area contributed by atoms with Gasteiger partial charge in [-0.1, -0.05) is 11.3 Å². The van der Waals surface area contributed by atoms with Crippen molar-refractivity contribution in [2.45, 2.75) is 18.7 Å². The molecule has 3 rings (SSSR count). The van der Waals surface area contributed by atoms with Crippen LogP contribution >= 0.6 is 11.3 Å². The van der Waals surface area contributed by atoms with E-state index in [-0.39, 0.29) is 10.8 Å². The summed E-state index contributed by atoms with van der Waals surface area (Å²) < 4.78 is 23.5. The molecular formula is C18H20N4O3S2. The van der Waals surface area contributed by atoms with Crippen molar-refractivity contribution in [3.63, 3.8) is 0 Å². The van der Waals surface area contributed by atoms with E-state index in [0.29, 0.717) is 20.9 Å². The van der Waals surface area contributed by atoms with Crippen LogP contribution in [0.1, 0.15) is 24.2 Å². The second kappa shape index (κ2) is 7.63. The number of amides is 1. The number of anilines is 2. The topological polar surface area (TPSA) is 105 Å². The van der Waals surface area contributed by atoms with Gasteiger partial charge in [0.25, 0.3) is 5.91 Å². The van der Waals surface area contributed by atoms with E-state index >= 15 is 0 Å². The number of sulfonamides is 1. The highest BCUT2D eigenvalue weighted by Crippen LogP contribution is 2.28. The average Bonchev–Trinajstić information content (AvgIpc) is 3.04. The molecule has 0 aliphatic carbocycles. The molecule has 0 spiro atoms. The van der Waals surface area contributed by atoms with Crippen LogP contribution in [-0.2, 0) is 10.0 Å². The molecule has 9 heteroatoms. The molecule has 0 unspecified atom stereocenters. The lowest BCUT2D eigenvalue weighted by Gasteiger charge is -2.20. The average molecular weight is 405 g/mol. The van der Waals surface area contributed by atoms with Gasteiger partial charge in [-0.3, -0.25) is 10.1 Å². The van der Waals surface area contributed by atoms with Crippen LogP contribution in [-0.4, -0.2) is 32.4 Å². The van der Waals surface area contributed by atoms with Crippen molar-refractivity contribution in [2.75, 3.05) is 23.3 Å². The Kier molecular flexibility index (Phi) is 5.45. The molecule has 0 saturated heterocycles. The molecule has 27 heavy (non-hydrogen) atoms. The van der Waals surface area contributed by atoms with Crippen molar-refractivity contribution in [3.05, 3.63) is 48.0 Å². The lowest BCUT2D eigenvalue weighted by Crippen LogP contribution is -2.21. The van der Waals surface area contributed by atoms with Crippen LogP contribution in [0.25, 0.3) is 10.2 Å². The van der Waals surface area contributed by atoms with E-state index in [1.807, 2.05) is 12.1 Å². The Bertz CT molecular complexity index is 1070. The minimum atomic E-state index is -3.78. The summed E-state index contributed by atoms with van der Waals surface area (Å²) in [5.74, 6) is -0.271. The van der Waals surface area contributed by atoms with Gasteiger partial charge in [-0.15, -0.1) is 0 Å². The zero-order chi connectivity index (χ0) is 19.6. The van der Waals surface area contributed by atoms with Crippen molar-refractivity contribution in [3.8, 4) is 0 Å². The number of nitrogens with zero attached hydrogens (tertiary/aromatic N) is 2. The van der Waals surface area contributed by atoms with Gasteiger partial charge >= 0.3 is 0 Å². The zero-order valence-corrected chi connectivity index (χ0v) is 16.6. The first kappa shape index (κ1) is 19.3. The minimum absolute atomic E-state index is 0.0171. The first-order chi connectivity index (χ1) is 12.8. The lowest BCUT2D eigenvalue weighted by molar-refractivity contribution is 0.102. The van der Waals surface area contributed by atoms with E-state index in [2.05, 4.69) is 29.0 Å². The lowest BCUT2D eigenvalue weighted by atomic mass is 10.2. The largest absolute Gasteiger partial charge is 0.372 e. The number of carbonyl (C=O) groups excluding carboxylic acids is 1. The van der Waals surface area contributed by atoms with Gasteiger partial charge in [0.2, 0.25) is 10.0 Å². The van der Waals surface area contributed by atoms with Crippen LogP contribution < -0.4 is 15.4 Å². The quantitative estimate of drug-likeness (QED) is 0.657. The van der Waals surface area contributed by atoms with Crippen molar-refractivity contribution in [1.29, 1.82) is 0 Å². The van der Waals surface area contributed by atoms with Gasteiger partial charge in [-0.05, 0) is 56.3 Å². The number of primary sulfonamides is 1. The van der Waals surface area contributed by atoms with Gasteiger partial charge in [0.05, 0.1) is 15.1 Å². The first-order valence-corrected chi connectivity index (χ1v) is 10.8. The summed E-state index contributed by atoms with van der Waals surface area (Å²) in [6.07, 6.45) is 0. The van der Waals surface area contributed by atoms with Gasteiger partial charge in [-0.2, -0.15) is 0 Å². The fourth-order valence-electron chi connectivity index (χ4n) is 2.72. The maximum Gasteiger partial charge on any atom is 0.257 e. The van der Waals surface area contributed by atoms with Crippen LogP contribution in [0.15, 0.2) is 47.4 Å². The number of nitrogens with two attached hydrogens (primary N) is 1. The SMILES string of the molecule is CCN(CC)c1ccc(C(=O)Nc2nc3ccc(S(N)(=O)=O)cc3s2)cc1. The number of aromatic nitrogens is 1. The molecule has 0 aliphatic heterocycles. The molecule has 0 aliphatic rings. The van der Waals surface area contributed by atoms with Gasteiger partial charge in [-0.25, -0.2) is 18.5 Å². The number of thiazole rings is 1. The van der Waals surface area contributed by atoms with Crippen LogP contribution in [0.3, 0.4) is 0 Å². The molecule has 0 fully saturated rings. The smallest absolute Gasteiger partial charge is 0.257 e. The second-order valence-corrected chi connectivity index (χ2v) is 8.46. The molecule has 1 heterocycles. The highest BCUT2D eigenvalue weighted by Gasteiger charge is 2.13. The Morgan fingerprint density at radius 1 is 1.15 bits per heavy atom. The number of nitrogens with one attached hydrogen (secondary N) is 1. The molecule has 3 N–H and O–H groups in total. The molecule has 1 amide bonds. The van der Waals surface area contributed by atoms with Crippen LogP contribution in [0, 0.1) is 0 Å². The predicted octanol–water partition coefficient (Wildman–Crippen LogP) is 3.04. The van der Waals surface area contributed by atoms with E-state index < -0.39 is 10.0 Å². The molecule has 0 saturated carbocycles. The molecule has 1 aromatic heterocycles. The molecule has 0 bridgehead atoms. The van der Waals surface area contributed by atoms with Crippen molar-refractivity contribution >= 4 is 48.3 Å². The number of hydrogen-bond donors (Lipinski definition) is 2. The predicted molar refractivity (Wildman–Crippen MR) is 109 cm³/mol. The van der Waals surface area contributed by atoms with Gasteiger partial charge in [0, 0.05) is 24.3 Å². The third-order valence-corrected chi connectivity index (χ3v) is 6.01. The summed E-state index contributed by atoms with van der Waals surface area (Å²) in [7, 11) is -3.78. The molecule has 0 atom stereocenters. The standard InChI is InChI=1S/C18H20N4O3S2/c1-3-22(4-2)13-7-5-12(6-8-13)17(23)21-18-20-15-10-9-14(27(19,24)25)11-16(15)26-18/h5-11H,3-4H2,1-2H3,(H2,19,24,25)(H,20,21,23). The summed E-state index contributed by atoms with van der Waals surface area (Å²) in [4.78, 5) is 19.0. The van der Waals surface area contributed by atoms with Crippen LogP contribution in [0.5, 0.6) is 0 Å². The summed E-state index contributed by atoms with van der Waals surface area (Å²) in [5, 5.41) is 8.30. The molecule has 3 aromatic rings. The Morgan fingerprint density at radius 2 is 1.81 bits per heavy atom. The Balaban J connectivity index is 1.79. The molecule has 0 radical (unpaired) electrons. The van der Waals surface area contributed by atoms with Crippen molar-refractivity contribution in [1.82, 2.24) is 4.98 Å². The van der Waals surface area contributed by atoms with Crippen molar-refractivity contribution < 1.29 is 13.2 Å². The maximum absolute atomic E-state index is 12.5. The van der Waals surface area contributed by atoms with E-state index in [1.54, 1.807) is 18.2 Å². The maximum atomic E-state index is 12.5. The molecule has 142 valence electrons. The summed E-state index contributed by atoms with van der Waals surface area (Å²) in [5.41, 5.74) is 2.18. The van der Waals surface area contributed by atoms with E-state index in [9.17, 15) is 13.2 Å². The van der Waals surface area contributed by atoms with E-state index in [4.69, 9.17) is 5.14 Å². The molecular weight excluding hydrogens is 384 g/mol. The highest BCUT2D eigenvalue weighted by molar-refractivity contribution is 7.89. The number of rotatable bonds is 6. The second-order valence-electron chi connectivity index (χ2n) is 5.87. The summed E-state index contributed by atoms with van der Waals surface area (Å²) in [6.45, 7) is 5.96. The zero-order valence-electron chi connectivity index (χ0n) is 15.0. The van der Waals surface area contributed by atoms with Crippen molar-refractivity contribution in [2.24, 2.45) is 5.14 Å². The Labute approximate surface area is 161 Å². The Hall–Kier alpha value is -2.49. The van der Waals surface area contributed by atoms with Gasteiger partial charge in [0.15, 0.2) is 5.13 Å². The normalized spacial score (nSPS) is 11.5.